The molecular formula is C11H17N3O3S. The van der Waals surface area contributed by atoms with Crippen LogP contribution in [0.4, 0.5) is 5.69 Å². The Kier molecular flexibility index (Phi) is 3.84. The van der Waals surface area contributed by atoms with E-state index in [9.17, 15) is 8.42 Å². The molecule has 0 unspecified atom stereocenters. The van der Waals surface area contributed by atoms with Crippen LogP contribution in [0.1, 0.15) is 5.69 Å². The first-order valence-electron chi connectivity index (χ1n) is 5.76. The monoisotopic (exact) mass is 271 g/mol. The molecule has 0 radical (unpaired) electrons. The Bertz CT molecular complexity index is 510. The first-order chi connectivity index (χ1) is 8.50. The van der Waals surface area contributed by atoms with Gasteiger partial charge in [0.2, 0.25) is 10.0 Å². The van der Waals surface area contributed by atoms with Crippen LogP contribution < -0.4 is 4.90 Å². The summed E-state index contributed by atoms with van der Waals surface area (Å²) in [4.78, 5) is 6.12. The molecule has 2 heterocycles. The van der Waals surface area contributed by atoms with Crippen LogP contribution in [-0.4, -0.2) is 55.2 Å². The normalized spacial score (nSPS) is 18.0. The van der Waals surface area contributed by atoms with Crippen molar-refractivity contribution >= 4 is 15.7 Å². The Hall–Kier alpha value is -1.18. The minimum Gasteiger partial charge on any atom is -0.390 e. The van der Waals surface area contributed by atoms with Crippen molar-refractivity contribution in [1.29, 1.82) is 0 Å². The summed E-state index contributed by atoms with van der Waals surface area (Å²) in [5.41, 5.74) is 1.60. The molecule has 1 fully saturated rings. The molecular weight excluding hydrogens is 254 g/mol. The third-order valence-electron chi connectivity index (χ3n) is 3.03. The van der Waals surface area contributed by atoms with E-state index in [1.54, 1.807) is 6.20 Å². The molecule has 6 nitrogen and oxygen atoms in total. The number of aliphatic hydroxyl groups is 1. The highest BCUT2D eigenvalue weighted by Crippen LogP contribution is 2.17. The van der Waals surface area contributed by atoms with Crippen LogP contribution >= 0.6 is 0 Å². The Morgan fingerprint density at radius 2 is 2.00 bits per heavy atom. The van der Waals surface area contributed by atoms with Crippen LogP contribution in [0.15, 0.2) is 18.3 Å². The topological polar surface area (TPSA) is 73.7 Å². The Balaban J connectivity index is 2.05. The molecule has 0 spiro atoms. The Morgan fingerprint density at radius 3 is 2.56 bits per heavy atom. The predicted octanol–water partition coefficient (Wildman–Crippen LogP) is -0.345. The second kappa shape index (κ2) is 5.21. The van der Waals surface area contributed by atoms with Crippen LogP contribution in [0.5, 0.6) is 0 Å². The molecule has 1 N–H and O–H groups in total. The van der Waals surface area contributed by atoms with Crippen molar-refractivity contribution in [3.05, 3.63) is 24.0 Å². The molecule has 1 aliphatic rings. The van der Waals surface area contributed by atoms with Crippen molar-refractivity contribution in [2.75, 3.05) is 37.3 Å². The molecule has 0 atom stereocenters. The third-order valence-corrected chi connectivity index (χ3v) is 4.34. The van der Waals surface area contributed by atoms with Gasteiger partial charge in [-0.15, -0.1) is 0 Å². The second-order valence-corrected chi connectivity index (χ2v) is 6.30. The van der Waals surface area contributed by atoms with E-state index >= 15 is 0 Å². The van der Waals surface area contributed by atoms with Crippen molar-refractivity contribution in [1.82, 2.24) is 9.29 Å². The molecule has 0 saturated carbocycles. The zero-order chi connectivity index (χ0) is 13.2. The van der Waals surface area contributed by atoms with Gasteiger partial charge in [-0.3, -0.25) is 4.98 Å². The van der Waals surface area contributed by atoms with Crippen LogP contribution in [0.2, 0.25) is 0 Å². The first kappa shape index (κ1) is 13.3. The fourth-order valence-corrected chi connectivity index (χ4v) is 2.85. The zero-order valence-corrected chi connectivity index (χ0v) is 11.1. The molecule has 1 aliphatic heterocycles. The van der Waals surface area contributed by atoms with Gasteiger partial charge in [-0.2, -0.15) is 4.31 Å². The van der Waals surface area contributed by atoms with Crippen molar-refractivity contribution in [3.63, 3.8) is 0 Å². The molecule has 1 saturated heterocycles. The van der Waals surface area contributed by atoms with Crippen molar-refractivity contribution in [2.45, 2.75) is 6.61 Å². The number of hydrogen-bond acceptors (Lipinski definition) is 5. The van der Waals surface area contributed by atoms with Gasteiger partial charge in [-0.1, -0.05) is 0 Å². The second-order valence-electron chi connectivity index (χ2n) is 4.31. The van der Waals surface area contributed by atoms with Crippen molar-refractivity contribution in [2.24, 2.45) is 0 Å². The average molecular weight is 271 g/mol. The summed E-state index contributed by atoms with van der Waals surface area (Å²) in [7, 11) is -3.09. The van der Waals surface area contributed by atoms with Gasteiger partial charge in [0.05, 0.1) is 18.6 Å². The minimum atomic E-state index is -3.09. The van der Waals surface area contributed by atoms with E-state index in [1.807, 2.05) is 12.1 Å². The maximum absolute atomic E-state index is 11.4. The van der Waals surface area contributed by atoms with Gasteiger partial charge >= 0.3 is 0 Å². The highest BCUT2D eigenvalue weighted by molar-refractivity contribution is 7.88. The highest BCUT2D eigenvalue weighted by atomic mass is 32.2. The number of rotatable bonds is 3. The number of pyridine rings is 1. The standard InChI is InChI=1S/C11H17N3O3S/c1-18(16,17)14-6-4-13(5-7-14)11-2-3-12-10(8-11)9-15/h2-3,8,15H,4-7,9H2,1H3. The lowest BCUT2D eigenvalue weighted by Crippen LogP contribution is -2.48. The largest absolute Gasteiger partial charge is 0.390 e. The van der Waals surface area contributed by atoms with Gasteiger partial charge in [-0.25, -0.2) is 8.42 Å². The van der Waals surface area contributed by atoms with Crippen LogP contribution in [0, 0.1) is 0 Å². The van der Waals surface area contributed by atoms with E-state index in [0.717, 1.165) is 5.69 Å². The van der Waals surface area contributed by atoms with E-state index in [1.165, 1.54) is 10.6 Å². The maximum atomic E-state index is 11.4. The molecule has 7 heteroatoms. The van der Waals surface area contributed by atoms with E-state index in [-0.39, 0.29) is 6.61 Å². The van der Waals surface area contributed by atoms with Gasteiger partial charge in [0, 0.05) is 38.1 Å². The van der Waals surface area contributed by atoms with E-state index in [0.29, 0.717) is 31.9 Å². The van der Waals surface area contributed by atoms with Crippen LogP contribution in [-0.2, 0) is 16.6 Å². The van der Waals surface area contributed by atoms with Crippen molar-refractivity contribution < 1.29 is 13.5 Å². The fraction of sp³-hybridized carbons (Fsp3) is 0.545. The number of aliphatic hydroxyl groups excluding tert-OH is 1. The zero-order valence-electron chi connectivity index (χ0n) is 10.3. The molecule has 1 aromatic heterocycles. The number of piperazine rings is 1. The van der Waals surface area contributed by atoms with Crippen molar-refractivity contribution in [3.8, 4) is 0 Å². The SMILES string of the molecule is CS(=O)(=O)N1CCN(c2ccnc(CO)c2)CC1. The first-order valence-corrected chi connectivity index (χ1v) is 7.61. The smallest absolute Gasteiger partial charge is 0.211 e. The highest BCUT2D eigenvalue weighted by Gasteiger charge is 2.23. The van der Waals surface area contributed by atoms with Gasteiger partial charge in [-0.05, 0) is 12.1 Å². The van der Waals surface area contributed by atoms with E-state index < -0.39 is 10.0 Å². The molecule has 0 aliphatic carbocycles. The summed E-state index contributed by atoms with van der Waals surface area (Å²) in [5.74, 6) is 0. The maximum Gasteiger partial charge on any atom is 0.211 e. The molecule has 1 aromatic rings. The Morgan fingerprint density at radius 1 is 1.33 bits per heavy atom. The average Bonchev–Trinajstić information content (AvgIpc) is 2.38. The third kappa shape index (κ3) is 2.98. The molecule has 18 heavy (non-hydrogen) atoms. The molecule has 2 rings (SSSR count). The fourth-order valence-electron chi connectivity index (χ4n) is 2.03. The molecule has 0 amide bonds. The minimum absolute atomic E-state index is 0.0862. The lowest BCUT2D eigenvalue weighted by Gasteiger charge is -2.34. The van der Waals surface area contributed by atoms with Crippen LogP contribution in [0.25, 0.3) is 0 Å². The van der Waals surface area contributed by atoms with Gasteiger partial charge < -0.3 is 10.0 Å². The number of anilines is 1. The molecule has 100 valence electrons. The van der Waals surface area contributed by atoms with Crippen LogP contribution in [0.3, 0.4) is 0 Å². The number of aromatic nitrogens is 1. The summed E-state index contributed by atoms with van der Waals surface area (Å²) in [6.45, 7) is 2.21. The van der Waals surface area contributed by atoms with Gasteiger partial charge in [0.1, 0.15) is 0 Å². The summed E-state index contributed by atoms with van der Waals surface area (Å²) >= 11 is 0. The summed E-state index contributed by atoms with van der Waals surface area (Å²) in [6.07, 6.45) is 2.89. The lowest BCUT2D eigenvalue weighted by atomic mass is 10.2. The lowest BCUT2D eigenvalue weighted by molar-refractivity contribution is 0.277. The quantitative estimate of drug-likeness (QED) is 0.814. The van der Waals surface area contributed by atoms with Gasteiger partial charge in [0.25, 0.3) is 0 Å². The summed E-state index contributed by atoms with van der Waals surface area (Å²) < 4.78 is 24.3. The number of nitrogens with zero attached hydrogens (tertiary/aromatic N) is 3. The summed E-state index contributed by atoms with van der Waals surface area (Å²) in [5, 5.41) is 9.04. The van der Waals surface area contributed by atoms with Gasteiger partial charge in [0.15, 0.2) is 0 Å². The Labute approximate surface area is 107 Å². The molecule has 0 bridgehead atoms. The summed E-state index contributed by atoms with van der Waals surface area (Å²) in [6, 6.07) is 3.70. The number of sulfonamides is 1. The van der Waals surface area contributed by atoms with E-state index in [4.69, 9.17) is 5.11 Å². The molecule has 0 aromatic carbocycles. The van der Waals surface area contributed by atoms with E-state index in [2.05, 4.69) is 9.88 Å². The predicted molar refractivity (Wildman–Crippen MR) is 68.8 cm³/mol. The number of hydrogen-bond donors (Lipinski definition) is 1.